The van der Waals surface area contributed by atoms with Gasteiger partial charge in [0.25, 0.3) is 0 Å². The Morgan fingerprint density at radius 2 is 1.68 bits per heavy atom. The molecule has 0 unspecified atom stereocenters. The zero-order valence-corrected chi connectivity index (χ0v) is 21.5. The van der Waals surface area contributed by atoms with Crippen LogP contribution in [-0.4, -0.2) is 55.4 Å². The first-order chi connectivity index (χ1) is 18.0. The first-order valence-electron chi connectivity index (χ1n) is 12.6. The Balaban J connectivity index is 1.74. The molecule has 9 heteroatoms. The summed E-state index contributed by atoms with van der Waals surface area (Å²) >= 11 is 0. The van der Waals surface area contributed by atoms with Crippen LogP contribution in [0.1, 0.15) is 42.7 Å². The number of carbonyl (C=O) groups is 1. The van der Waals surface area contributed by atoms with Crippen molar-refractivity contribution < 1.29 is 23.4 Å². The van der Waals surface area contributed by atoms with Crippen LogP contribution in [0, 0.1) is 5.82 Å². The molecule has 8 nitrogen and oxygen atoms in total. The van der Waals surface area contributed by atoms with Crippen molar-refractivity contribution in [1.82, 2.24) is 15.3 Å². The second kappa shape index (κ2) is 12.5. The van der Waals surface area contributed by atoms with Crippen LogP contribution in [-0.2, 0) is 11.3 Å². The zero-order chi connectivity index (χ0) is 26.2. The maximum Gasteiger partial charge on any atom is 0.358 e. The number of esters is 1. The first-order valence-corrected chi connectivity index (χ1v) is 12.6. The Kier molecular flexibility index (Phi) is 8.90. The highest BCUT2D eigenvalue weighted by Gasteiger charge is 2.25. The fraction of sp³-hybridized carbons (Fsp3) is 0.393. The second-order valence-corrected chi connectivity index (χ2v) is 8.70. The molecule has 0 aliphatic carbocycles. The van der Waals surface area contributed by atoms with Crippen LogP contribution >= 0.6 is 0 Å². The van der Waals surface area contributed by atoms with Crippen molar-refractivity contribution in [3.63, 3.8) is 0 Å². The van der Waals surface area contributed by atoms with Crippen LogP contribution < -0.4 is 19.7 Å². The summed E-state index contributed by atoms with van der Waals surface area (Å²) in [6.45, 7) is 7.17. The minimum absolute atomic E-state index is 0.164. The largest absolute Gasteiger partial charge is 0.493 e. The molecule has 1 aliphatic rings. The molecule has 2 heterocycles. The van der Waals surface area contributed by atoms with Crippen LogP contribution in [0.25, 0.3) is 11.1 Å². The lowest BCUT2D eigenvalue weighted by atomic mass is 9.99. The molecule has 0 spiro atoms. The molecular formula is C28H33FN4O4. The number of piperidine rings is 1. The average Bonchev–Trinajstić information content (AvgIpc) is 2.93. The standard InChI is InChI=1S/C28H33FN4O4/c1-4-36-24-14-19(15-25(37-5-2)27(24)20-6-8-21(29)9-7-20)18-33(22-10-12-30-13-11-22)26-17-31-23(16-32-26)28(34)35-3/h6-9,14-17,22,30H,4-5,10-13,18H2,1-3H3. The van der Waals surface area contributed by atoms with Crippen molar-refractivity contribution in [2.75, 3.05) is 38.3 Å². The van der Waals surface area contributed by atoms with Gasteiger partial charge in [-0.25, -0.2) is 19.2 Å². The number of rotatable bonds is 10. The van der Waals surface area contributed by atoms with E-state index in [4.69, 9.17) is 14.2 Å². The maximum atomic E-state index is 13.6. The van der Waals surface area contributed by atoms with Crippen LogP contribution in [0.4, 0.5) is 10.2 Å². The van der Waals surface area contributed by atoms with Crippen LogP contribution in [0.3, 0.4) is 0 Å². The summed E-state index contributed by atoms with van der Waals surface area (Å²) in [5, 5.41) is 3.41. The number of anilines is 1. The van der Waals surface area contributed by atoms with Gasteiger partial charge < -0.3 is 24.4 Å². The highest BCUT2D eigenvalue weighted by atomic mass is 19.1. The van der Waals surface area contributed by atoms with Gasteiger partial charge >= 0.3 is 5.97 Å². The lowest BCUT2D eigenvalue weighted by Crippen LogP contribution is -2.43. The first kappa shape index (κ1) is 26.3. The molecule has 0 amide bonds. The molecule has 0 saturated carbocycles. The highest BCUT2D eigenvalue weighted by molar-refractivity contribution is 5.86. The Labute approximate surface area is 216 Å². The molecule has 0 atom stereocenters. The van der Waals surface area contributed by atoms with Crippen LogP contribution in [0.2, 0.25) is 0 Å². The van der Waals surface area contributed by atoms with E-state index in [1.165, 1.54) is 25.4 Å². The molecular weight excluding hydrogens is 475 g/mol. The monoisotopic (exact) mass is 508 g/mol. The van der Waals surface area contributed by atoms with E-state index in [1.54, 1.807) is 18.3 Å². The summed E-state index contributed by atoms with van der Waals surface area (Å²) < 4.78 is 30.5. The van der Waals surface area contributed by atoms with Crippen LogP contribution in [0.5, 0.6) is 11.5 Å². The van der Waals surface area contributed by atoms with Crippen LogP contribution in [0.15, 0.2) is 48.8 Å². The number of nitrogens with zero attached hydrogens (tertiary/aromatic N) is 3. The summed E-state index contributed by atoms with van der Waals surface area (Å²) in [6.07, 6.45) is 4.97. The summed E-state index contributed by atoms with van der Waals surface area (Å²) in [4.78, 5) is 22.9. The fourth-order valence-corrected chi connectivity index (χ4v) is 4.57. The van der Waals surface area contributed by atoms with Gasteiger partial charge in [0.15, 0.2) is 5.69 Å². The Hall–Kier alpha value is -3.72. The van der Waals surface area contributed by atoms with E-state index in [2.05, 4.69) is 20.2 Å². The molecule has 0 bridgehead atoms. The molecule has 0 radical (unpaired) electrons. The average molecular weight is 509 g/mol. The van der Waals surface area contributed by atoms with Crippen molar-refractivity contribution in [2.24, 2.45) is 0 Å². The zero-order valence-electron chi connectivity index (χ0n) is 21.5. The molecule has 37 heavy (non-hydrogen) atoms. The van der Waals surface area contributed by atoms with Crippen molar-refractivity contribution in [2.45, 2.75) is 39.3 Å². The maximum absolute atomic E-state index is 13.6. The molecule has 1 saturated heterocycles. The lowest BCUT2D eigenvalue weighted by molar-refractivity contribution is 0.0593. The third-order valence-corrected chi connectivity index (χ3v) is 6.29. The van der Waals surface area contributed by atoms with Gasteiger partial charge in [0.2, 0.25) is 0 Å². The Morgan fingerprint density at radius 3 is 2.22 bits per heavy atom. The Morgan fingerprint density at radius 1 is 1.03 bits per heavy atom. The van der Waals surface area contributed by atoms with Gasteiger partial charge in [0, 0.05) is 12.6 Å². The van der Waals surface area contributed by atoms with Gasteiger partial charge in [0.1, 0.15) is 23.1 Å². The van der Waals surface area contributed by atoms with E-state index in [0.717, 1.165) is 42.6 Å². The summed E-state index contributed by atoms with van der Waals surface area (Å²) in [5.74, 6) is 1.21. The predicted octanol–water partition coefficient (Wildman–Crippen LogP) is 4.63. The summed E-state index contributed by atoms with van der Waals surface area (Å²) in [5.41, 5.74) is 2.76. The number of aromatic nitrogens is 2. The minimum atomic E-state index is -0.522. The number of benzene rings is 2. The SMILES string of the molecule is CCOc1cc(CN(c2cnc(C(=O)OC)cn2)C2CCNCC2)cc(OCC)c1-c1ccc(F)cc1. The molecule has 1 aliphatic heterocycles. The van der Waals surface area contributed by atoms with E-state index in [9.17, 15) is 9.18 Å². The smallest absolute Gasteiger partial charge is 0.358 e. The molecule has 1 fully saturated rings. The molecule has 4 rings (SSSR count). The van der Waals surface area contributed by atoms with Gasteiger partial charge in [-0.05, 0) is 75.2 Å². The van der Waals surface area contributed by atoms with E-state index < -0.39 is 5.97 Å². The summed E-state index contributed by atoms with van der Waals surface area (Å²) in [6, 6.07) is 10.6. The molecule has 1 aromatic heterocycles. The summed E-state index contributed by atoms with van der Waals surface area (Å²) in [7, 11) is 1.32. The second-order valence-electron chi connectivity index (χ2n) is 8.70. The molecule has 1 N–H and O–H groups in total. The van der Waals surface area contributed by atoms with Crippen molar-refractivity contribution >= 4 is 11.8 Å². The van der Waals surface area contributed by atoms with Gasteiger partial charge in [-0.3, -0.25) is 0 Å². The number of hydrogen-bond donors (Lipinski definition) is 1. The predicted molar refractivity (Wildman–Crippen MR) is 140 cm³/mol. The van der Waals surface area contributed by atoms with Gasteiger partial charge in [0.05, 0.1) is 38.3 Å². The quantitative estimate of drug-likeness (QED) is 0.397. The van der Waals surface area contributed by atoms with Gasteiger partial charge in [-0.2, -0.15) is 0 Å². The number of hydrogen-bond acceptors (Lipinski definition) is 8. The van der Waals surface area contributed by atoms with Crippen molar-refractivity contribution in [3.05, 3.63) is 65.9 Å². The minimum Gasteiger partial charge on any atom is -0.493 e. The van der Waals surface area contributed by atoms with Crippen molar-refractivity contribution in [1.29, 1.82) is 0 Å². The normalized spacial score (nSPS) is 13.7. The van der Waals surface area contributed by atoms with E-state index >= 15 is 0 Å². The number of halogens is 1. The Bertz CT molecular complexity index is 1150. The van der Waals surface area contributed by atoms with E-state index in [0.29, 0.717) is 37.1 Å². The third-order valence-electron chi connectivity index (χ3n) is 6.29. The number of nitrogens with one attached hydrogen (secondary N) is 1. The third kappa shape index (κ3) is 6.35. The number of carbonyl (C=O) groups excluding carboxylic acids is 1. The van der Waals surface area contributed by atoms with E-state index in [-0.39, 0.29) is 17.6 Å². The molecule has 3 aromatic rings. The lowest BCUT2D eigenvalue weighted by Gasteiger charge is -2.35. The molecule has 2 aromatic carbocycles. The molecule has 196 valence electrons. The topological polar surface area (TPSA) is 85.8 Å². The van der Waals surface area contributed by atoms with E-state index in [1.807, 2.05) is 26.0 Å². The highest BCUT2D eigenvalue weighted by Crippen LogP contribution is 2.41. The number of methoxy groups -OCH3 is 1. The number of ether oxygens (including phenoxy) is 3. The van der Waals surface area contributed by atoms with Gasteiger partial charge in [-0.15, -0.1) is 0 Å². The van der Waals surface area contributed by atoms with Gasteiger partial charge in [-0.1, -0.05) is 12.1 Å². The van der Waals surface area contributed by atoms with Crippen molar-refractivity contribution in [3.8, 4) is 22.6 Å². The fourth-order valence-electron chi connectivity index (χ4n) is 4.57.